The van der Waals surface area contributed by atoms with Crippen LogP contribution < -0.4 is 19.7 Å². The third-order valence-electron chi connectivity index (χ3n) is 5.12. The summed E-state index contributed by atoms with van der Waals surface area (Å²) in [6.07, 6.45) is 0.882. The molecular weight excluding hydrogens is 440 g/mol. The first-order valence-electron chi connectivity index (χ1n) is 10.5. The molecule has 0 fully saturated rings. The number of imide groups is 1. The molecule has 6 nitrogen and oxygen atoms in total. The molecule has 3 aromatic rings. The van der Waals surface area contributed by atoms with Crippen LogP contribution in [0, 0.1) is 0 Å². The average molecular weight is 463 g/mol. The molecule has 1 aliphatic heterocycles. The van der Waals surface area contributed by atoms with Crippen molar-refractivity contribution < 1.29 is 19.1 Å². The second kappa shape index (κ2) is 9.79. The smallest absolute Gasteiger partial charge is 0.282 e. The van der Waals surface area contributed by atoms with Crippen LogP contribution >= 0.6 is 11.6 Å². The van der Waals surface area contributed by atoms with Crippen molar-refractivity contribution in [3.63, 3.8) is 0 Å². The lowest BCUT2D eigenvalue weighted by Gasteiger charge is -2.16. The van der Waals surface area contributed by atoms with Gasteiger partial charge in [0.2, 0.25) is 0 Å². The molecule has 0 aliphatic carbocycles. The van der Waals surface area contributed by atoms with E-state index in [-0.39, 0.29) is 11.3 Å². The zero-order valence-electron chi connectivity index (χ0n) is 18.3. The predicted molar refractivity (Wildman–Crippen MR) is 130 cm³/mol. The number of methoxy groups -OCH3 is 1. The van der Waals surface area contributed by atoms with E-state index in [4.69, 9.17) is 21.1 Å². The second-order valence-corrected chi connectivity index (χ2v) is 7.84. The molecule has 2 amide bonds. The normalized spacial score (nSPS) is 13.5. The molecule has 0 bridgehead atoms. The number of amides is 2. The molecule has 0 aromatic heterocycles. The molecule has 0 radical (unpaired) electrons. The number of hydrogen-bond acceptors (Lipinski definition) is 5. The highest BCUT2D eigenvalue weighted by atomic mass is 35.5. The van der Waals surface area contributed by atoms with Crippen molar-refractivity contribution in [2.24, 2.45) is 0 Å². The summed E-state index contributed by atoms with van der Waals surface area (Å²) in [5.74, 6) is 0.439. The second-order valence-electron chi connectivity index (χ2n) is 7.40. The summed E-state index contributed by atoms with van der Waals surface area (Å²) in [5, 5.41) is 3.69. The molecular formula is C26H23ClN2O4. The van der Waals surface area contributed by atoms with Crippen LogP contribution in [-0.4, -0.2) is 25.5 Å². The molecule has 0 atom stereocenters. The summed E-state index contributed by atoms with van der Waals surface area (Å²) in [5.41, 5.74) is 2.14. The number of nitrogens with zero attached hydrogens (tertiary/aromatic N) is 1. The maximum Gasteiger partial charge on any atom is 0.282 e. The van der Waals surface area contributed by atoms with Gasteiger partial charge in [-0.1, -0.05) is 36.7 Å². The summed E-state index contributed by atoms with van der Waals surface area (Å²) in [7, 11) is 1.56. The Bertz CT molecular complexity index is 1200. The molecule has 0 saturated carbocycles. The van der Waals surface area contributed by atoms with E-state index in [9.17, 15) is 9.59 Å². The van der Waals surface area contributed by atoms with Crippen LogP contribution in [0.4, 0.5) is 11.4 Å². The molecule has 0 saturated heterocycles. The minimum Gasteiger partial charge on any atom is -0.497 e. The molecule has 1 aliphatic rings. The number of anilines is 2. The van der Waals surface area contributed by atoms with Crippen molar-refractivity contribution in [2.45, 2.75) is 13.3 Å². The third kappa shape index (κ3) is 4.71. The van der Waals surface area contributed by atoms with Gasteiger partial charge in [0.05, 0.1) is 25.0 Å². The number of carbonyl (C=O) groups excluding carboxylic acids is 2. The van der Waals surface area contributed by atoms with Crippen LogP contribution in [-0.2, 0) is 9.59 Å². The molecule has 7 heteroatoms. The first kappa shape index (κ1) is 22.4. The fourth-order valence-corrected chi connectivity index (χ4v) is 3.65. The number of hydrogen-bond donors (Lipinski definition) is 1. The molecule has 1 heterocycles. The molecule has 3 aromatic carbocycles. The van der Waals surface area contributed by atoms with Gasteiger partial charge >= 0.3 is 0 Å². The SMILES string of the molecule is CCCOc1cccc(NC2=C(c3ccc(Cl)cc3)C(=O)N(c3ccc(OC)cc3)C2=O)c1. The van der Waals surface area contributed by atoms with Gasteiger partial charge < -0.3 is 14.8 Å². The monoisotopic (exact) mass is 462 g/mol. The number of nitrogens with one attached hydrogen (secondary N) is 1. The Hall–Kier alpha value is -3.77. The first-order valence-corrected chi connectivity index (χ1v) is 10.9. The van der Waals surface area contributed by atoms with E-state index in [0.717, 1.165) is 11.3 Å². The number of carbonyl (C=O) groups is 2. The van der Waals surface area contributed by atoms with E-state index >= 15 is 0 Å². The zero-order chi connectivity index (χ0) is 23.4. The third-order valence-corrected chi connectivity index (χ3v) is 5.38. The van der Waals surface area contributed by atoms with Crippen LogP contribution in [0.5, 0.6) is 11.5 Å². The van der Waals surface area contributed by atoms with E-state index in [1.807, 2.05) is 25.1 Å². The molecule has 4 rings (SSSR count). The van der Waals surface area contributed by atoms with Gasteiger partial charge in [0.15, 0.2) is 0 Å². The van der Waals surface area contributed by atoms with Crippen LogP contribution in [0.1, 0.15) is 18.9 Å². The zero-order valence-corrected chi connectivity index (χ0v) is 19.1. The van der Waals surface area contributed by atoms with Crippen LogP contribution in [0.3, 0.4) is 0 Å². The van der Waals surface area contributed by atoms with E-state index in [0.29, 0.717) is 40.1 Å². The maximum absolute atomic E-state index is 13.5. The van der Waals surface area contributed by atoms with Crippen molar-refractivity contribution in [1.29, 1.82) is 0 Å². The molecule has 0 unspecified atom stereocenters. The highest BCUT2D eigenvalue weighted by Crippen LogP contribution is 2.35. The Morgan fingerprint density at radius 1 is 0.909 bits per heavy atom. The minimum atomic E-state index is -0.449. The molecule has 33 heavy (non-hydrogen) atoms. The molecule has 1 N–H and O–H groups in total. The van der Waals surface area contributed by atoms with Crippen molar-refractivity contribution in [3.05, 3.63) is 89.1 Å². The lowest BCUT2D eigenvalue weighted by Crippen LogP contribution is -2.32. The summed E-state index contributed by atoms with van der Waals surface area (Å²) in [6, 6.07) is 20.9. The Balaban J connectivity index is 1.74. The molecule has 168 valence electrons. The van der Waals surface area contributed by atoms with E-state index in [2.05, 4.69) is 5.32 Å². The van der Waals surface area contributed by atoms with E-state index in [1.54, 1.807) is 61.7 Å². The van der Waals surface area contributed by atoms with Gasteiger partial charge in [-0.25, -0.2) is 4.90 Å². The standard InChI is InChI=1S/C26H23ClN2O4/c1-3-15-33-22-6-4-5-19(16-22)28-24-23(17-7-9-18(27)10-8-17)25(30)29(26(24)31)20-11-13-21(32-2)14-12-20/h4-14,16,28H,3,15H2,1-2H3. The van der Waals surface area contributed by atoms with Crippen molar-refractivity contribution in [1.82, 2.24) is 0 Å². The lowest BCUT2D eigenvalue weighted by atomic mass is 10.0. The quantitative estimate of drug-likeness (QED) is 0.445. The van der Waals surface area contributed by atoms with Gasteiger partial charge in [0, 0.05) is 16.8 Å². The topological polar surface area (TPSA) is 67.9 Å². The van der Waals surface area contributed by atoms with Crippen molar-refractivity contribution in [3.8, 4) is 11.5 Å². The molecule has 0 spiro atoms. The van der Waals surface area contributed by atoms with Gasteiger partial charge in [-0.2, -0.15) is 0 Å². The van der Waals surface area contributed by atoms with Gasteiger partial charge in [-0.3, -0.25) is 9.59 Å². The highest BCUT2D eigenvalue weighted by molar-refractivity contribution is 6.46. The highest BCUT2D eigenvalue weighted by Gasteiger charge is 2.40. The number of rotatable bonds is 8. The summed E-state index contributed by atoms with van der Waals surface area (Å²) in [6.45, 7) is 2.62. The fraction of sp³-hybridized carbons (Fsp3) is 0.154. The minimum absolute atomic E-state index is 0.186. The first-order chi connectivity index (χ1) is 16.0. The van der Waals surface area contributed by atoms with Crippen LogP contribution in [0.25, 0.3) is 5.57 Å². The van der Waals surface area contributed by atoms with E-state index in [1.165, 1.54) is 0 Å². The Labute approximate surface area is 197 Å². The van der Waals surface area contributed by atoms with Gasteiger partial charge in [0.25, 0.3) is 11.8 Å². The largest absolute Gasteiger partial charge is 0.497 e. The Kier molecular flexibility index (Phi) is 6.66. The predicted octanol–water partition coefficient (Wildman–Crippen LogP) is 5.53. The maximum atomic E-state index is 13.5. The summed E-state index contributed by atoms with van der Waals surface area (Å²) >= 11 is 6.04. The fourth-order valence-electron chi connectivity index (χ4n) is 3.52. The number of halogens is 1. The van der Waals surface area contributed by atoms with Crippen molar-refractivity contribution in [2.75, 3.05) is 23.9 Å². The lowest BCUT2D eigenvalue weighted by molar-refractivity contribution is -0.120. The van der Waals surface area contributed by atoms with Crippen LogP contribution in [0.15, 0.2) is 78.5 Å². The summed E-state index contributed by atoms with van der Waals surface area (Å²) in [4.78, 5) is 28.1. The van der Waals surface area contributed by atoms with Gasteiger partial charge in [-0.05, 0) is 60.5 Å². The van der Waals surface area contributed by atoms with Crippen LogP contribution in [0.2, 0.25) is 5.02 Å². The van der Waals surface area contributed by atoms with Crippen molar-refractivity contribution >= 4 is 40.4 Å². The van der Waals surface area contributed by atoms with Gasteiger partial charge in [0.1, 0.15) is 17.2 Å². The number of ether oxygens (including phenoxy) is 2. The van der Waals surface area contributed by atoms with Gasteiger partial charge in [-0.15, -0.1) is 0 Å². The summed E-state index contributed by atoms with van der Waals surface area (Å²) < 4.78 is 10.9. The Morgan fingerprint density at radius 3 is 2.30 bits per heavy atom. The average Bonchev–Trinajstić information content (AvgIpc) is 3.08. The van der Waals surface area contributed by atoms with E-state index < -0.39 is 11.8 Å². The number of benzene rings is 3. The Morgan fingerprint density at radius 2 is 1.64 bits per heavy atom.